The van der Waals surface area contributed by atoms with Crippen LogP contribution in [0.1, 0.15) is 54.4 Å². The summed E-state index contributed by atoms with van der Waals surface area (Å²) in [5.74, 6) is -0.557. The third-order valence-corrected chi connectivity index (χ3v) is 5.46. The number of nitrogens with zero attached hydrogens (tertiary/aromatic N) is 1. The second-order valence-electron chi connectivity index (χ2n) is 8.66. The van der Waals surface area contributed by atoms with Crippen molar-refractivity contribution < 1.29 is 14.3 Å². The minimum absolute atomic E-state index is 0.101. The van der Waals surface area contributed by atoms with E-state index in [1.54, 1.807) is 0 Å². The molecule has 0 bridgehead atoms. The zero-order valence-corrected chi connectivity index (χ0v) is 17.6. The van der Waals surface area contributed by atoms with Crippen LogP contribution in [0.4, 0.5) is 0 Å². The smallest absolute Gasteiger partial charge is 0.339 e. The summed E-state index contributed by atoms with van der Waals surface area (Å²) in [5.41, 5.74) is 4.72. The Bertz CT molecular complexity index is 1150. The van der Waals surface area contributed by atoms with Gasteiger partial charge in [0, 0.05) is 10.8 Å². The van der Waals surface area contributed by atoms with E-state index in [1.807, 2.05) is 63.2 Å². The molecule has 0 aliphatic heterocycles. The molecule has 0 unspecified atom stereocenters. The summed E-state index contributed by atoms with van der Waals surface area (Å²) in [6.45, 7) is 5.25. The predicted octanol–water partition coefficient (Wildman–Crippen LogP) is 5.49. The predicted molar refractivity (Wildman–Crippen MR) is 119 cm³/mol. The van der Waals surface area contributed by atoms with Gasteiger partial charge in [-0.3, -0.25) is 4.79 Å². The maximum absolute atomic E-state index is 13.1. The summed E-state index contributed by atoms with van der Waals surface area (Å²) in [6.07, 6.45) is 3.67. The molecule has 1 aliphatic rings. The average molecular weight is 399 g/mol. The number of carbonyl (C=O) groups is 2. The van der Waals surface area contributed by atoms with Crippen LogP contribution in [0, 0.1) is 5.41 Å². The molecule has 0 saturated carbocycles. The molecule has 30 heavy (non-hydrogen) atoms. The molecule has 3 aromatic rings. The number of ketones is 1. The lowest BCUT2D eigenvalue weighted by Crippen LogP contribution is -2.26. The second-order valence-corrected chi connectivity index (χ2v) is 8.66. The molecule has 4 nitrogen and oxygen atoms in total. The fourth-order valence-electron chi connectivity index (χ4n) is 3.68. The minimum atomic E-state index is -0.547. The number of Topliss-reactive ketones (excluding diaryl/α,β-unsaturated/α-hetero) is 1. The first kappa shape index (κ1) is 20.0. The van der Waals surface area contributed by atoms with E-state index >= 15 is 0 Å². The van der Waals surface area contributed by atoms with Crippen LogP contribution in [0.25, 0.3) is 22.6 Å². The maximum atomic E-state index is 13.1. The molecule has 152 valence electrons. The normalized spacial score (nSPS) is 14.7. The molecule has 0 atom stereocenters. The van der Waals surface area contributed by atoms with Crippen LogP contribution >= 0.6 is 0 Å². The van der Waals surface area contributed by atoms with E-state index in [-0.39, 0.29) is 12.4 Å². The summed E-state index contributed by atoms with van der Waals surface area (Å²) in [5, 5.41) is 0.769. The van der Waals surface area contributed by atoms with Crippen molar-refractivity contribution in [3.05, 3.63) is 77.0 Å². The maximum Gasteiger partial charge on any atom is 0.339 e. The Hall–Kier alpha value is -3.27. The van der Waals surface area contributed by atoms with Crippen molar-refractivity contribution in [2.75, 3.05) is 6.61 Å². The summed E-state index contributed by atoms with van der Waals surface area (Å²) in [7, 11) is 0. The van der Waals surface area contributed by atoms with Gasteiger partial charge in [0.2, 0.25) is 0 Å². The van der Waals surface area contributed by atoms with Gasteiger partial charge in [-0.2, -0.15) is 0 Å². The van der Waals surface area contributed by atoms with Gasteiger partial charge in [-0.1, -0.05) is 69.3 Å². The number of hydrogen-bond acceptors (Lipinski definition) is 4. The highest BCUT2D eigenvalue weighted by Crippen LogP contribution is 2.37. The molecule has 0 spiro atoms. The zero-order valence-electron chi connectivity index (χ0n) is 17.6. The number of esters is 1. The minimum Gasteiger partial charge on any atom is -0.454 e. The van der Waals surface area contributed by atoms with Gasteiger partial charge in [0.1, 0.15) is 0 Å². The van der Waals surface area contributed by atoms with Gasteiger partial charge in [0.05, 0.1) is 16.8 Å². The van der Waals surface area contributed by atoms with Gasteiger partial charge < -0.3 is 4.74 Å². The topological polar surface area (TPSA) is 56.3 Å². The fraction of sp³-hybridized carbons (Fsp3) is 0.269. The van der Waals surface area contributed by atoms with Crippen LogP contribution < -0.4 is 0 Å². The van der Waals surface area contributed by atoms with Crippen LogP contribution in [0.15, 0.2) is 54.6 Å². The number of pyridine rings is 1. The number of hydrogen-bond donors (Lipinski definition) is 0. The van der Waals surface area contributed by atoms with E-state index in [9.17, 15) is 9.59 Å². The molecule has 1 aliphatic carbocycles. The summed E-state index contributed by atoms with van der Waals surface area (Å²) < 4.78 is 5.47. The molecule has 4 rings (SSSR count). The molecule has 2 aromatic carbocycles. The third-order valence-electron chi connectivity index (χ3n) is 5.46. The van der Waals surface area contributed by atoms with Crippen molar-refractivity contribution in [3.8, 4) is 0 Å². The highest BCUT2D eigenvalue weighted by molar-refractivity contribution is 6.07. The Balaban J connectivity index is 1.76. The van der Waals surface area contributed by atoms with Crippen LogP contribution in [0.5, 0.6) is 0 Å². The highest BCUT2D eigenvalue weighted by Gasteiger charge is 2.29. The fourth-order valence-corrected chi connectivity index (χ4v) is 3.68. The number of benzene rings is 2. The number of rotatable bonds is 4. The Kier molecular flexibility index (Phi) is 5.25. The number of ether oxygens (including phenoxy) is 1. The highest BCUT2D eigenvalue weighted by atomic mass is 16.5. The van der Waals surface area contributed by atoms with Gasteiger partial charge in [0.15, 0.2) is 12.4 Å². The molecule has 0 amide bonds. The lowest BCUT2D eigenvalue weighted by molar-refractivity contribution is -0.129. The van der Waals surface area contributed by atoms with E-state index < -0.39 is 11.4 Å². The van der Waals surface area contributed by atoms with Gasteiger partial charge in [0.25, 0.3) is 0 Å². The Labute approximate surface area is 176 Å². The lowest BCUT2D eigenvalue weighted by atomic mass is 9.91. The molecular formula is C26H25NO3. The molecule has 0 saturated heterocycles. The third kappa shape index (κ3) is 3.90. The standard InChI is InChI=1S/C26H25NO3/c1-26(2,3)22(28)16-30-25(29)23-19-11-7-8-12-21(19)27-24-18(13-14-20(23)24)15-17-9-5-4-6-10-17/h4-12,15H,13-14,16H2,1-3H3. The van der Waals surface area contributed by atoms with Gasteiger partial charge in [-0.15, -0.1) is 0 Å². The Morgan fingerprint density at radius 1 is 1.00 bits per heavy atom. The number of carbonyl (C=O) groups excluding carboxylic acids is 2. The van der Waals surface area contributed by atoms with E-state index in [1.165, 1.54) is 0 Å². The SMILES string of the molecule is CC(C)(C)C(=O)COC(=O)c1c2c(nc3ccccc13)C(=Cc1ccccc1)CC2. The van der Waals surface area contributed by atoms with Crippen molar-refractivity contribution in [2.24, 2.45) is 5.41 Å². The molecule has 1 aromatic heterocycles. The quantitative estimate of drug-likeness (QED) is 0.544. The summed E-state index contributed by atoms with van der Waals surface area (Å²) in [4.78, 5) is 30.2. The van der Waals surface area contributed by atoms with E-state index in [0.29, 0.717) is 5.56 Å². The first-order valence-corrected chi connectivity index (χ1v) is 10.2. The molecule has 4 heteroatoms. The largest absolute Gasteiger partial charge is 0.454 e. The van der Waals surface area contributed by atoms with E-state index in [4.69, 9.17) is 9.72 Å². The number of para-hydroxylation sites is 1. The number of aromatic nitrogens is 1. The first-order valence-electron chi connectivity index (χ1n) is 10.2. The summed E-state index contributed by atoms with van der Waals surface area (Å²) in [6, 6.07) is 17.7. The molecular weight excluding hydrogens is 374 g/mol. The number of allylic oxidation sites excluding steroid dienone is 1. The molecule has 0 radical (unpaired) electrons. The van der Waals surface area contributed by atoms with Crippen molar-refractivity contribution in [2.45, 2.75) is 33.6 Å². The number of fused-ring (bicyclic) bond motifs is 2. The van der Waals surface area contributed by atoms with Crippen LogP contribution in [-0.4, -0.2) is 23.3 Å². The van der Waals surface area contributed by atoms with Crippen molar-refractivity contribution >= 4 is 34.3 Å². The van der Waals surface area contributed by atoms with Gasteiger partial charge >= 0.3 is 5.97 Å². The monoisotopic (exact) mass is 399 g/mol. The average Bonchev–Trinajstić information content (AvgIpc) is 3.12. The Morgan fingerprint density at radius 2 is 1.70 bits per heavy atom. The second kappa shape index (κ2) is 7.86. The Morgan fingerprint density at radius 3 is 2.43 bits per heavy atom. The zero-order chi connectivity index (χ0) is 21.3. The van der Waals surface area contributed by atoms with E-state index in [0.717, 1.165) is 46.1 Å². The molecule has 1 heterocycles. The van der Waals surface area contributed by atoms with Crippen molar-refractivity contribution in [1.29, 1.82) is 0 Å². The van der Waals surface area contributed by atoms with Crippen LogP contribution in [-0.2, 0) is 16.0 Å². The van der Waals surface area contributed by atoms with Gasteiger partial charge in [-0.25, -0.2) is 9.78 Å². The van der Waals surface area contributed by atoms with E-state index in [2.05, 4.69) is 18.2 Å². The van der Waals surface area contributed by atoms with Crippen molar-refractivity contribution in [1.82, 2.24) is 4.98 Å². The summed E-state index contributed by atoms with van der Waals surface area (Å²) >= 11 is 0. The van der Waals surface area contributed by atoms with Crippen LogP contribution in [0.3, 0.4) is 0 Å². The lowest BCUT2D eigenvalue weighted by Gasteiger charge is -2.17. The van der Waals surface area contributed by atoms with Crippen LogP contribution in [0.2, 0.25) is 0 Å². The molecule has 0 N–H and O–H groups in total. The van der Waals surface area contributed by atoms with Crippen molar-refractivity contribution in [3.63, 3.8) is 0 Å². The first-order chi connectivity index (χ1) is 14.3. The van der Waals surface area contributed by atoms with Gasteiger partial charge in [-0.05, 0) is 41.7 Å². The molecule has 0 fully saturated rings.